The predicted molar refractivity (Wildman–Crippen MR) is 66.9 cm³/mol. The number of aliphatic carboxylic acids is 1. The molecule has 0 saturated carbocycles. The number of carboxylic acid groups (broad SMARTS) is 1. The molecule has 0 spiro atoms. The summed E-state index contributed by atoms with van der Waals surface area (Å²) in [6.07, 6.45) is 1.73. The summed E-state index contributed by atoms with van der Waals surface area (Å²) in [5.41, 5.74) is 6.29. The molecule has 8 heteroatoms. The van der Waals surface area contributed by atoms with Crippen molar-refractivity contribution in [2.24, 2.45) is 11.7 Å². The van der Waals surface area contributed by atoms with Crippen molar-refractivity contribution in [3.8, 4) is 0 Å². The van der Waals surface area contributed by atoms with E-state index in [2.05, 4.69) is 15.6 Å². The van der Waals surface area contributed by atoms with Crippen LogP contribution in [0, 0.1) is 5.92 Å². The Hall–Kier alpha value is -1.96. The Labute approximate surface area is 111 Å². The van der Waals surface area contributed by atoms with Gasteiger partial charge in [0.2, 0.25) is 5.91 Å². The molecule has 0 bridgehead atoms. The lowest BCUT2D eigenvalue weighted by Gasteiger charge is -2.14. The molecule has 1 unspecified atom stereocenters. The number of aromatic nitrogens is 3. The maximum atomic E-state index is 11.6. The predicted octanol–water partition coefficient (Wildman–Crippen LogP) is -0.648. The van der Waals surface area contributed by atoms with Crippen molar-refractivity contribution in [3.05, 3.63) is 11.9 Å². The first kappa shape index (κ1) is 15.1. The second-order valence-corrected chi connectivity index (χ2v) is 4.69. The number of hydrogen-bond donors (Lipinski definition) is 3. The summed E-state index contributed by atoms with van der Waals surface area (Å²) in [5, 5.41) is 18.6. The van der Waals surface area contributed by atoms with Gasteiger partial charge in [0.15, 0.2) is 0 Å². The Morgan fingerprint density at radius 2 is 2.21 bits per heavy atom. The van der Waals surface area contributed by atoms with E-state index in [4.69, 9.17) is 10.8 Å². The highest BCUT2D eigenvalue weighted by Gasteiger charge is 2.13. The van der Waals surface area contributed by atoms with E-state index in [1.54, 1.807) is 0 Å². The molecule has 106 valence electrons. The van der Waals surface area contributed by atoms with Gasteiger partial charge < -0.3 is 16.2 Å². The number of hydrogen-bond acceptors (Lipinski definition) is 5. The standard InChI is InChI=1S/C11H19N5O3/c1-7(2)9(12)3-10(17)13-4-8-5-16(15-14-8)6-11(18)19/h5,7,9H,3-4,6,12H2,1-2H3,(H,13,17)(H,18,19). The van der Waals surface area contributed by atoms with Crippen LogP contribution in [0.5, 0.6) is 0 Å². The fourth-order valence-corrected chi connectivity index (χ4v) is 1.35. The van der Waals surface area contributed by atoms with Crippen molar-refractivity contribution in [1.82, 2.24) is 20.3 Å². The van der Waals surface area contributed by atoms with Gasteiger partial charge in [-0.2, -0.15) is 0 Å². The fraction of sp³-hybridized carbons (Fsp3) is 0.636. The SMILES string of the molecule is CC(C)C(N)CC(=O)NCc1cn(CC(=O)O)nn1. The lowest BCUT2D eigenvalue weighted by atomic mass is 10.0. The van der Waals surface area contributed by atoms with Crippen LogP contribution in [0.1, 0.15) is 26.0 Å². The van der Waals surface area contributed by atoms with Crippen LogP contribution < -0.4 is 11.1 Å². The maximum absolute atomic E-state index is 11.6. The van der Waals surface area contributed by atoms with Crippen LogP contribution in [0.15, 0.2) is 6.20 Å². The highest BCUT2D eigenvalue weighted by Crippen LogP contribution is 2.02. The van der Waals surface area contributed by atoms with E-state index in [9.17, 15) is 9.59 Å². The third-order valence-electron chi connectivity index (χ3n) is 2.63. The molecule has 1 aromatic heterocycles. The van der Waals surface area contributed by atoms with Crippen LogP contribution in [0.25, 0.3) is 0 Å². The second-order valence-electron chi connectivity index (χ2n) is 4.69. The highest BCUT2D eigenvalue weighted by atomic mass is 16.4. The van der Waals surface area contributed by atoms with Crippen molar-refractivity contribution >= 4 is 11.9 Å². The summed E-state index contributed by atoms with van der Waals surface area (Å²) in [6, 6.07) is -0.178. The van der Waals surface area contributed by atoms with Gasteiger partial charge in [0.1, 0.15) is 12.2 Å². The molecule has 0 saturated heterocycles. The number of rotatable bonds is 7. The Balaban J connectivity index is 2.38. The van der Waals surface area contributed by atoms with Crippen LogP contribution in [0.4, 0.5) is 0 Å². The van der Waals surface area contributed by atoms with E-state index >= 15 is 0 Å². The van der Waals surface area contributed by atoms with Gasteiger partial charge in [-0.25, -0.2) is 4.68 Å². The maximum Gasteiger partial charge on any atom is 0.325 e. The smallest absolute Gasteiger partial charge is 0.325 e. The molecule has 19 heavy (non-hydrogen) atoms. The van der Waals surface area contributed by atoms with Crippen LogP contribution in [0.3, 0.4) is 0 Å². The minimum Gasteiger partial charge on any atom is -0.480 e. The van der Waals surface area contributed by atoms with Gasteiger partial charge in [0.05, 0.1) is 12.7 Å². The summed E-state index contributed by atoms with van der Waals surface area (Å²) >= 11 is 0. The Bertz CT molecular complexity index is 443. The summed E-state index contributed by atoms with van der Waals surface area (Å²) in [6.45, 7) is 3.87. The zero-order valence-corrected chi connectivity index (χ0v) is 11.0. The van der Waals surface area contributed by atoms with Gasteiger partial charge in [-0.15, -0.1) is 5.10 Å². The molecule has 1 heterocycles. The van der Waals surface area contributed by atoms with E-state index in [-0.39, 0.29) is 37.4 Å². The van der Waals surface area contributed by atoms with Crippen molar-refractivity contribution < 1.29 is 14.7 Å². The molecule has 0 aromatic carbocycles. The molecule has 0 aliphatic rings. The van der Waals surface area contributed by atoms with E-state index in [1.165, 1.54) is 10.9 Å². The van der Waals surface area contributed by atoms with Gasteiger partial charge in [-0.3, -0.25) is 9.59 Å². The molecule has 1 amide bonds. The first-order valence-electron chi connectivity index (χ1n) is 6.01. The summed E-state index contributed by atoms with van der Waals surface area (Å²) < 4.78 is 1.20. The first-order chi connectivity index (χ1) is 8.88. The zero-order chi connectivity index (χ0) is 14.4. The van der Waals surface area contributed by atoms with Gasteiger partial charge in [0.25, 0.3) is 0 Å². The van der Waals surface area contributed by atoms with E-state index < -0.39 is 5.97 Å². The van der Waals surface area contributed by atoms with E-state index in [0.29, 0.717) is 5.69 Å². The molecule has 1 rings (SSSR count). The summed E-state index contributed by atoms with van der Waals surface area (Å²) in [5.74, 6) is -0.917. The lowest BCUT2D eigenvalue weighted by molar-refractivity contribution is -0.138. The molecule has 0 fully saturated rings. The number of carboxylic acids is 1. The average Bonchev–Trinajstić information content (AvgIpc) is 2.73. The third-order valence-corrected chi connectivity index (χ3v) is 2.63. The summed E-state index contributed by atoms with van der Waals surface area (Å²) in [7, 11) is 0. The third kappa shape index (κ3) is 5.47. The highest BCUT2D eigenvalue weighted by molar-refractivity contribution is 5.76. The minimum absolute atomic E-state index is 0.158. The van der Waals surface area contributed by atoms with E-state index in [0.717, 1.165) is 0 Å². The quantitative estimate of drug-likeness (QED) is 0.604. The first-order valence-corrected chi connectivity index (χ1v) is 6.01. The van der Waals surface area contributed by atoms with Gasteiger partial charge in [-0.05, 0) is 5.92 Å². The monoisotopic (exact) mass is 269 g/mol. The largest absolute Gasteiger partial charge is 0.480 e. The minimum atomic E-state index is -0.997. The Morgan fingerprint density at radius 3 is 2.79 bits per heavy atom. The second kappa shape index (κ2) is 6.83. The molecule has 4 N–H and O–H groups in total. The molecular weight excluding hydrogens is 250 g/mol. The van der Waals surface area contributed by atoms with Crippen molar-refractivity contribution in [1.29, 1.82) is 0 Å². The van der Waals surface area contributed by atoms with Crippen LogP contribution in [-0.2, 0) is 22.7 Å². The van der Waals surface area contributed by atoms with Crippen LogP contribution in [0.2, 0.25) is 0 Å². The molecule has 1 atom stereocenters. The number of carbonyl (C=O) groups excluding carboxylic acids is 1. The lowest BCUT2D eigenvalue weighted by Crippen LogP contribution is -2.34. The fourth-order valence-electron chi connectivity index (χ4n) is 1.35. The molecule has 1 aromatic rings. The average molecular weight is 269 g/mol. The van der Waals surface area contributed by atoms with E-state index in [1.807, 2.05) is 13.8 Å². The van der Waals surface area contributed by atoms with Crippen molar-refractivity contribution in [3.63, 3.8) is 0 Å². The molecule has 0 aliphatic heterocycles. The normalized spacial score (nSPS) is 12.4. The Morgan fingerprint density at radius 1 is 1.53 bits per heavy atom. The van der Waals surface area contributed by atoms with Gasteiger partial charge in [-0.1, -0.05) is 19.1 Å². The molecule has 0 radical (unpaired) electrons. The summed E-state index contributed by atoms with van der Waals surface area (Å²) in [4.78, 5) is 22.0. The number of carbonyl (C=O) groups is 2. The molecule has 0 aliphatic carbocycles. The number of nitrogens with zero attached hydrogens (tertiary/aromatic N) is 3. The van der Waals surface area contributed by atoms with Crippen LogP contribution in [-0.4, -0.2) is 38.0 Å². The van der Waals surface area contributed by atoms with Gasteiger partial charge >= 0.3 is 5.97 Å². The number of nitrogens with one attached hydrogen (secondary N) is 1. The van der Waals surface area contributed by atoms with Crippen LogP contribution >= 0.6 is 0 Å². The number of nitrogens with two attached hydrogens (primary N) is 1. The van der Waals surface area contributed by atoms with Crippen molar-refractivity contribution in [2.45, 2.75) is 39.4 Å². The van der Waals surface area contributed by atoms with Crippen molar-refractivity contribution in [2.75, 3.05) is 0 Å². The molecule has 8 nitrogen and oxygen atoms in total. The topological polar surface area (TPSA) is 123 Å². The van der Waals surface area contributed by atoms with Gasteiger partial charge in [0, 0.05) is 12.5 Å². The Kier molecular flexibility index (Phi) is 5.43. The zero-order valence-electron chi connectivity index (χ0n) is 11.0. The molecular formula is C11H19N5O3. The number of amides is 1.